The Kier molecular flexibility index (Phi) is 7.24. The van der Waals surface area contributed by atoms with Gasteiger partial charge < -0.3 is 14.5 Å². The predicted octanol–water partition coefficient (Wildman–Crippen LogP) is 5.94. The van der Waals surface area contributed by atoms with Crippen molar-refractivity contribution < 1.29 is 4.74 Å². The minimum Gasteiger partial charge on any atom is -0.495 e. The molecule has 1 aliphatic rings. The van der Waals surface area contributed by atoms with Gasteiger partial charge in [-0.2, -0.15) is 0 Å². The molecule has 0 bridgehead atoms. The first-order chi connectivity index (χ1) is 15.9. The van der Waals surface area contributed by atoms with Gasteiger partial charge in [-0.15, -0.1) is 23.7 Å². The number of nitrogens with zero attached hydrogens (tertiary/aromatic N) is 3. The Morgan fingerprint density at radius 2 is 1.85 bits per heavy atom. The van der Waals surface area contributed by atoms with Gasteiger partial charge in [-0.25, -0.2) is 0 Å². The topological polar surface area (TPSA) is 37.7 Å². The minimum atomic E-state index is -0.0265. The zero-order valence-electron chi connectivity index (χ0n) is 19.3. The molecule has 5 rings (SSSR count). The monoisotopic (exact) mass is 515 g/mol. The van der Waals surface area contributed by atoms with Gasteiger partial charge in [-0.05, 0) is 62.5 Å². The van der Waals surface area contributed by atoms with E-state index in [4.69, 9.17) is 16.3 Å². The van der Waals surface area contributed by atoms with Crippen LogP contribution in [0.25, 0.3) is 26.2 Å². The molecule has 8 heteroatoms. The van der Waals surface area contributed by atoms with Crippen molar-refractivity contribution in [3.63, 3.8) is 0 Å². The van der Waals surface area contributed by atoms with E-state index in [0.29, 0.717) is 11.1 Å². The van der Waals surface area contributed by atoms with Gasteiger partial charge in [0.15, 0.2) is 0 Å². The van der Waals surface area contributed by atoms with Crippen LogP contribution in [0.3, 0.4) is 0 Å². The fourth-order valence-electron chi connectivity index (χ4n) is 4.45. The van der Waals surface area contributed by atoms with Gasteiger partial charge in [0.1, 0.15) is 10.4 Å². The zero-order valence-corrected chi connectivity index (χ0v) is 21.7. The second kappa shape index (κ2) is 10.0. The molecule has 0 N–H and O–H groups in total. The molecule has 1 atom stereocenters. The summed E-state index contributed by atoms with van der Waals surface area (Å²) in [6.07, 6.45) is 2.97. The molecule has 34 heavy (non-hydrogen) atoms. The van der Waals surface area contributed by atoms with E-state index in [0.717, 1.165) is 57.2 Å². The van der Waals surface area contributed by atoms with Gasteiger partial charge in [0.25, 0.3) is 5.56 Å². The highest BCUT2D eigenvalue weighted by atomic mass is 35.5. The number of aromatic nitrogens is 1. The predicted molar refractivity (Wildman–Crippen MR) is 146 cm³/mol. The Bertz CT molecular complexity index is 1360. The lowest BCUT2D eigenvalue weighted by atomic mass is 10.2. The lowest BCUT2D eigenvalue weighted by Crippen LogP contribution is -2.31. The second-order valence-corrected chi connectivity index (χ2v) is 10.1. The van der Waals surface area contributed by atoms with Crippen LogP contribution in [0.1, 0.15) is 6.42 Å². The molecule has 1 fully saturated rings. The Hall–Kier alpha value is -2.51. The standard InChI is InChI=1S/C26H26ClN3O2S.ClH/c1-28(2)21-11-12-29(16-21)22-9-8-20(15-23(22)32-3)30-13-10-18-14-24(33-25(18)26(30)31)17-4-6-19(27)7-5-17;/h4-10,13-15,21H,11-12,16H2,1-3H3;1H/t21-;/m1./s1. The number of ether oxygens (including phenoxy) is 1. The van der Waals surface area contributed by atoms with E-state index in [9.17, 15) is 4.79 Å². The van der Waals surface area contributed by atoms with E-state index in [2.05, 4.69) is 36.0 Å². The van der Waals surface area contributed by atoms with Crippen LogP contribution in [0.2, 0.25) is 5.02 Å². The van der Waals surface area contributed by atoms with Crippen molar-refractivity contribution in [2.45, 2.75) is 12.5 Å². The first-order valence-corrected chi connectivity index (χ1v) is 12.1. The molecule has 0 saturated carbocycles. The molecule has 0 aliphatic carbocycles. The highest BCUT2D eigenvalue weighted by molar-refractivity contribution is 7.22. The number of likely N-dealkylation sites (N-methyl/N-ethyl adjacent to an activating group) is 1. The summed E-state index contributed by atoms with van der Waals surface area (Å²) in [6.45, 7) is 1.96. The summed E-state index contributed by atoms with van der Waals surface area (Å²) >= 11 is 7.53. The Labute approximate surface area is 214 Å². The maximum atomic E-state index is 13.4. The molecule has 4 aromatic rings. The average molecular weight is 516 g/mol. The molecule has 2 aromatic carbocycles. The highest BCUT2D eigenvalue weighted by Crippen LogP contribution is 2.35. The van der Waals surface area contributed by atoms with Crippen LogP contribution in [0, 0.1) is 0 Å². The summed E-state index contributed by atoms with van der Waals surface area (Å²) < 4.78 is 8.17. The molecule has 5 nitrogen and oxygen atoms in total. The molecule has 1 aliphatic heterocycles. The second-order valence-electron chi connectivity index (χ2n) is 8.60. The van der Waals surface area contributed by atoms with E-state index >= 15 is 0 Å². The summed E-state index contributed by atoms with van der Waals surface area (Å²) in [5.41, 5.74) is 2.90. The number of pyridine rings is 1. The molecule has 1 saturated heterocycles. The van der Waals surface area contributed by atoms with E-state index in [1.807, 2.05) is 48.7 Å². The van der Waals surface area contributed by atoms with Gasteiger partial charge in [-0.3, -0.25) is 9.36 Å². The highest BCUT2D eigenvalue weighted by Gasteiger charge is 2.26. The van der Waals surface area contributed by atoms with E-state index in [1.165, 1.54) is 11.3 Å². The number of fused-ring (bicyclic) bond motifs is 1. The number of benzene rings is 2. The number of halogens is 2. The summed E-state index contributed by atoms with van der Waals surface area (Å²) in [5, 5.41) is 1.65. The van der Waals surface area contributed by atoms with Crippen molar-refractivity contribution in [2.24, 2.45) is 0 Å². The third-order valence-electron chi connectivity index (χ3n) is 6.38. The number of thiophene rings is 1. The minimum absolute atomic E-state index is 0. The molecule has 0 spiro atoms. The van der Waals surface area contributed by atoms with Gasteiger partial charge in [-0.1, -0.05) is 23.7 Å². The Balaban J connectivity index is 0.00000274. The van der Waals surface area contributed by atoms with Crippen LogP contribution in [0.15, 0.2) is 65.6 Å². The maximum Gasteiger partial charge on any atom is 0.273 e. The van der Waals surface area contributed by atoms with Crippen molar-refractivity contribution in [3.05, 3.63) is 76.2 Å². The van der Waals surface area contributed by atoms with Crippen LogP contribution < -0.4 is 15.2 Å². The van der Waals surface area contributed by atoms with Crippen molar-refractivity contribution >= 4 is 51.1 Å². The number of hydrogen-bond donors (Lipinski definition) is 0. The van der Waals surface area contributed by atoms with Gasteiger partial charge in [0, 0.05) is 46.7 Å². The van der Waals surface area contributed by atoms with Crippen LogP contribution in [0.5, 0.6) is 5.75 Å². The third-order valence-corrected chi connectivity index (χ3v) is 7.82. The van der Waals surface area contributed by atoms with Crippen LogP contribution >= 0.6 is 35.3 Å². The zero-order chi connectivity index (χ0) is 23.1. The molecule has 0 unspecified atom stereocenters. The number of hydrogen-bond acceptors (Lipinski definition) is 5. The third kappa shape index (κ3) is 4.56. The molecular weight excluding hydrogens is 489 g/mol. The molecule has 0 radical (unpaired) electrons. The average Bonchev–Trinajstić information content (AvgIpc) is 3.48. The van der Waals surface area contributed by atoms with Crippen LogP contribution in [-0.4, -0.2) is 49.8 Å². The largest absolute Gasteiger partial charge is 0.495 e. The normalized spacial score (nSPS) is 15.7. The quantitative estimate of drug-likeness (QED) is 0.329. The first kappa shape index (κ1) is 24.6. The van der Waals surface area contributed by atoms with Crippen LogP contribution in [0.4, 0.5) is 5.69 Å². The fraction of sp³-hybridized carbons (Fsp3) is 0.269. The summed E-state index contributed by atoms with van der Waals surface area (Å²) in [6, 6.07) is 18.3. The number of methoxy groups -OCH3 is 1. The molecule has 0 amide bonds. The van der Waals surface area contributed by atoms with Crippen molar-refractivity contribution in [1.82, 2.24) is 9.47 Å². The van der Waals surface area contributed by atoms with Gasteiger partial charge >= 0.3 is 0 Å². The SMILES string of the molecule is COc1cc(-n2ccc3cc(-c4ccc(Cl)cc4)sc3c2=O)ccc1N1CC[C@@H](N(C)C)C1.Cl. The molecule has 3 heterocycles. The van der Waals surface area contributed by atoms with E-state index < -0.39 is 0 Å². The lowest BCUT2D eigenvalue weighted by molar-refractivity contribution is 0.315. The van der Waals surface area contributed by atoms with E-state index in [-0.39, 0.29) is 18.0 Å². The maximum absolute atomic E-state index is 13.4. The van der Waals surface area contributed by atoms with Gasteiger partial charge in [0.2, 0.25) is 0 Å². The molecule has 2 aromatic heterocycles. The fourth-order valence-corrected chi connectivity index (χ4v) is 5.66. The van der Waals surface area contributed by atoms with Crippen molar-refractivity contribution in [2.75, 3.05) is 39.2 Å². The van der Waals surface area contributed by atoms with Crippen molar-refractivity contribution in [3.8, 4) is 21.9 Å². The van der Waals surface area contributed by atoms with Gasteiger partial charge in [0.05, 0.1) is 18.5 Å². The van der Waals surface area contributed by atoms with Crippen LogP contribution in [-0.2, 0) is 0 Å². The van der Waals surface area contributed by atoms with Crippen molar-refractivity contribution in [1.29, 1.82) is 0 Å². The smallest absolute Gasteiger partial charge is 0.273 e. The number of rotatable bonds is 5. The molecular formula is C26H27Cl2N3O2S. The Morgan fingerprint density at radius 3 is 2.53 bits per heavy atom. The summed E-state index contributed by atoms with van der Waals surface area (Å²) in [4.78, 5) is 19.1. The lowest BCUT2D eigenvalue weighted by Gasteiger charge is -2.24. The summed E-state index contributed by atoms with van der Waals surface area (Å²) in [5.74, 6) is 0.784. The first-order valence-electron chi connectivity index (χ1n) is 11.0. The summed E-state index contributed by atoms with van der Waals surface area (Å²) in [7, 11) is 5.94. The Morgan fingerprint density at radius 1 is 1.09 bits per heavy atom. The number of anilines is 1. The van der Waals surface area contributed by atoms with E-state index in [1.54, 1.807) is 11.7 Å². The molecule has 178 valence electrons.